The summed E-state index contributed by atoms with van der Waals surface area (Å²) in [6, 6.07) is -0.570. The van der Waals surface area contributed by atoms with Gasteiger partial charge in [-0.15, -0.1) is 0 Å². The zero-order valence-corrected chi connectivity index (χ0v) is 12.9. The van der Waals surface area contributed by atoms with Crippen molar-refractivity contribution in [1.82, 2.24) is 14.9 Å². The van der Waals surface area contributed by atoms with Crippen LogP contribution >= 0.6 is 0 Å². The molecular weight excluding hydrogens is 329 g/mol. The molecule has 1 aliphatic rings. The van der Waals surface area contributed by atoms with Crippen LogP contribution in [0.25, 0.3) is 0 Å². The van der Waals surface area contributed by atoms with Gasteiger partial charge in [-0.2, -0.15) is 13.2 Å². The molecule has 10 heteroatoms. The second kappa shape index (κ2) is 7.02. The van der Waals surface area contributed by atoms with Crippen LogP contribution in [0.3, 0.4) is 0 Å². The molecular formula is C14H17F3N4O3. The first-order valence-electron chi connectivity index (χ1n) is 7.29. The fourth-order valence-corrected chi connectivity index (χ4v) is 2.27. The van der Waals surface area contributed by atoms with E-state index < -0.39 is 37.2 Å². The Morgan fingerprint density at radius 1 is 1.38 bits per heavy atom. The average molecular weight is 346 g/mol. The van der Waals surface area contributed by atoms with Gasteiger partial charge in [0.2, 0.25) is 0 Å². The average Bonchev–Trinajstić information content (AvgIpc) is 3.33. The first kappa shape index (κ1) is 18.0. The van der Waals surface area contributed by atoms with Gasteiger partial charge in [0.15, 0.2) is 18.1 Å². The van der Waals surface area contributed by atoms with Crippen LogP contribution in [0.1, 0.15) is 30.3 Å². The number of esters is 1. The highest BCUT2D eigenvalue weighted by atomic mass is 19.4. The van der Waals surface area contributed by atoms with E-state index in [2.05, 4.69) is 9.97 Å². The summed E-state index contributed by atoms with van der Waals surface area (Å²) in [6.45, 7) is -0.639. The van der Waals surface area contributed by atoms with E-state index in [1.54, 1.807) is 6.92 Å². The highest BCUT2D eigenvalue weighted by molar-refractivity contribution is 5.93. The molecule has 2 N–H and O–H groups in total. The first-order chi connectivity index (χ1) is 11.2. The number of nitrogen functional groups attached to an aromatic ring is 1. The molecule has 1 aromatic heterocycles. The number of aromatic nitrogens is 2. The molecule has 24 heavy (non-hydrogen) atoms. The molecule has 0 bridgehead atoms. The van der Waals surface area contributed by atoms with Crippen LogP contribution in [0, 0.1) is 5.92 Å². The largest absolute Gasteiger partial charge is 0.451 e. The third-order valence-corrected chi connectivity index (χ3v) is 3.71. The van der Waals surface area contributed by atoms with Gasteiger partial charge in [-0.05, 0) is 25.7 Å². The van der Waals surface area contributed by atoms with Crippen molar-refractivity contribution in [2.75, 3.05) is 18.9 Å². The van der Waals surface area contributed by atoms with Crippen molar-refractivity contribution in [2.24, 2.45) is 5.92 Å². The number of nitrogens with zero attached hydrogens (tertiary/aromatic N) is 3. The fourth-order valence-electron chi connectivity index (χ4n) is 2.27. The van der Waals surface area contributed by atoms with Crippen molar-refractivity contribution in [2.45, 2.75) is 32.0 Å². The second-order valence-corrected chi connectivity index (χ2v) is 5.58. The monoisotopic (exact) mass is 346 g/mol. The Morgan fingerprint density at radius 2 is 2.00 bits per heavy atom. The third kappa shape index (κ3) is 4.80. The van der Waals surface area contributed by atoms with Gasteiger partial charge in [-0.1, -0.05) is 0 Å². The molecule has 1 heterocycles. The van der Waals surface area contributed by atoms with Crippen LogP contribution in [-0.4, -0.2) is 52.1 Å². The molecule has 7 nitrogen and oxygen atoms in total. The molecule has 1 amide bonds. The molecule has 0 aromatic carbocycles. The Bertz CT molecular complexity index is 620. The Hall–Kier alpha value is -2.39. The summed E-state index contributed by atoms with van der Waals surface area (Å²) in [4.78, 5) is 31.9. The molecule has 1 saturated carbocycles. The molecule has 0 spiro atoms. The predicted molar refractivity (Wildman–Crippen MR) is 76.7 cm³/mol. The smallest absolute Gasteiger partial charge is 0.406 e. The number of carbonyl (C=O) groups excluding carboxylic acids is 2. The number of nitrogens with two attached hydrogens (primary N) is 1. The number of hydrogen-bond donors (Lipinski definition) is 1. The van der Waals surface area contributed by atoms with Crippen LogP contribution in [0.5, 0.6) is 0 Å². The Morgan fingerprint density at radius 3 is 2.54 bits per heavy atom. The van der Waals surface area contributed by atoms with E-state index in [4.69, 9.17) is 10.5 Å². The number of amides is 1. The van der Waals surface area contributed by atoms with Crippen LogP contribution in [0.15, 0.2) is 12.4 Å². The maximum atomic E-state index is 12.7. The lowest BCUT2D eigenvalue weighted by atomic mass is 10.2. The quantitative estimate of drug-likeness (QED) is 0.782. The van der Waals surface area contributed by atoms with E-state index in [0.717, 1.165) is 12.8 Å². The number of anilines is 1. The van der Waals surface area contributed by atoms with E-state index in [-0.39, 0.29) is 17.4 Å². The zero-order chi connectivity index (χ0) is 17.9. The maximum Gasteiger partial charge on any atom is 0.406 e. The minimum Gasteiger partial charge on any atom is -0.451 e. The number of alkyl halides is 3. The first-order valence-corrected chi connectivity index (χ1v) is 7.29. The van der Waals surface area contributed by atoms with Gasteiger partial charge in [-0.3, -0.25) is 4.79 Å². The normalized spacial score (nSPS) is 15.7. The van der Waals surface area contributed by atoms with Crippen molar-refractivity contribution in [3.63, 3.8) is 0 Å². The van der Waals surface area contributed by atoms with Gasteiger partial charge in [-0.25, -0.2) is 14.8 Å². The lowest BCUT2D eigenvalue weighted by Crippen LogP contribution is -2.47. The van der Waals surface area contributed by atoms with Gasteiger partial charge in [0, 0.05) is 18.4 Å². The number of carbonyl (C=O) groups is 2. The summed E-state index contributed by atoms with van der Waals surface area (Å²) in [5, 5.41) is 0. The molecule has 1 fully saturated rings. The van der Waals surface area contributed by atoms with Gasteiger partial charge >= 0.3 is 12.1 Å². The summed E-state index contributed by atoms with van der Waals surface area (Å²) < 4.78 is 42.8. The van der Waals surface area contributed by atoms with Gasteiger partial charge in [0.05, 0.1) is 0 Å². The van der Waals surface area contributed by atoms with E-state index in [9.17, 15) is 22.8 Å². The van der Waals surface area contributed by atoms with Gasteiger partial charge in [0.1, 0.15) is 6.54 Å². The second-order valence-electron chi connectivity index (χ2n) is 5.58. The molecule has 0 saturated heterocycles. The van der Waals surface area contributed by atoms with Crippen molar-refractivity contribution in [1.29, 1.82) is 0 Å². The highest BCUT2D eigenvalue weighted by Gasteiger charge is 2.40. The minimum atomic E-state index is -4.53. The molecule has 0 aliphatic heterocycles. The summed E-state index contributed by atoms with van der Waals surface area (Å²) in [6.07, 6.45) is -0.505. The van der Waals surface area contributed by atoms with E-state index in [1.165, 1.54) is 12.4 Å². The molecule has 132 valence electrons. The zero-order valence-electron chi connectivity index (χ0n) is 12.9. The maximum absolute atomic E-state index is 12.7. The van der Waals surface area contributed by atoms with E-state index >= 15 is 0 Å². The van der Waals surface area contributed by atoms with Gasteiger partial charge in [0.25, 0.3) is 5.91 Å². The highest BCUT2D eigenvalue weighted by Crippen LogP contribution is 2.36. The van der Waals surface area contributed by atoms with Crippen molar-refractivity contribution >= 4 is 17.7 Å². The van der Waals surface area contributed by atoms with Crippen LogP contribution in [0.2, 0.25) is 0 Å². The molecule has 0 radical (unpaired) electrons. The SMILES string of the molecule is C[C@H](C1CC1)N(CC(F)(F)F)C(=O)COC(=O)c1nccnc1N. The lowest BCUT2D eigenvalue weighted by molar-refractivity contribution is -0.167. The Kier molecular flexibility index (Phi) is 5.25. The summed E-state index contributed by atoms with van der Waals surface area (Å²) in [5.74, 6) is -2.07. The molecule has 2 rings (SSSR count). The number of ether oxygens (including phenoxy) is 1. The third-order valence-electron chi connectivity index (χ3n) is 3.71. The van der Waals surface area contributed by atoms with Crippen LogP contribution < -0.4 is 5.73 Å². The van der Waals surface area contributed by atoms with E-state index in [1.807, 2.05) is 0 Å². The molecule has 1 aliphatic carbocycles. The fraction of sp³-hybridized carbons (Fsp3) is 0.571. The summed E-state index contributed by atoms with van der Waals surface area (Å²) in [7, 11) is 0. The summed E-state index contributed by atoms with van der Waals surface area (Å²) >= 11 is 0. The Labute approximate surface area is 136 Å². The van der Waals surface area contributed by atoms with E-state index in [0.29, 0.717) is 4.90 Å². The number of rotatable bonds is 6. The number of halogens is 3. The lowest BCUT2D eigenvalue weighted by Gasteiger charge is -2.30. The predicted octanol–water partition coefficient (Wildman–Crippen LogP) is 1.41. The molecule has 0 unspecified atom stereocenters. The summed E-state index contributed by atoms with van der Waals surface area (Å²) in [5.41, 5.74) is 5.16. The minimum absolute atomic E-state index is 0.0441. The topological polar surface area (TPSA) is 98.4 Å². The standard InChI is InChI=1S/C14H17F3N4O3/c1-8(9-2-3-9)21(7-14(15,16)17)10(22)6-24-13(23)11-12(18)20-5-4-19-11/h4-5,8-9H,2-3,6-7H2,1H3,(H2,18,20)/t8-/m1/s1. The molecule has 1 aromatic rings. The Balaban J connectivity index is 1.99. The van der Waals surface area contributed by atoms with Crippen LogP contribution in [0.4, 0.5) is 19.0 Å². The number of hydrogen-bond acceptors (Lipinski definition) is 6. The van der Waals surface area contributed by atoms with Gasteiger partial charge < -0.3 is 15.4 Å². The van der Waals surface area contributed by atoms with Crippen molar-refractivity contribution < 1.29 is 27.5 Å². The van der Waals surface area contributed by atoms with Crippen molar-refractivity contribution in [3.8, 4) is 0 Å². The van der Waals surface area contributed by atoms with Crippen LogP contribution in [-0.2, 0) is 9.53 Å². The molecule has 1 atom stereocenters. The van der Waals surface area contributed by atoms with Crippen molar-refractivity contribution in [3.05, 3.63) is 18.1 Å².